The van der Waals surface area contributed by atoms with Crippen LogP contribution in [0.5, 0.6) is 0 Å². The third-order valence-corrected chi connectivity index (χ3v) is 4.19. The van der Waals surface area contributed by atoms with E-state index in [0.29, 0.717) is 0 Å². The molecule has 0 aliphatic carbocycles. The van der Waals surface area contributed by atoms with Crippen LogP contribution in [0.2, 0.25) is 0 Å². The van der Waals surface area contributed by atoms with Crippen molar-refractivity contribution in [2.75, 3.05) is 19.6 Å². The molecule has 0 aliphatic rings. The molecule has 0 radical (unpaired) electrons. The quantitative estimate of drug-likeness (QED) is 0.531. The van der Waals surface area contributed by atoms with Gasteiger partial charge in [0.1, 0.15) is 0 Å². The molecule has 0 aliphatic heterocycles. The number of hydrogen-bond acceptors (Lipinski definition) is 2. The van der Waals surface area contributed by atoms with Crippen molar-refractivity contribution in [2.24, 2.45) is 5.73 Å². The Kier molecular flexibility index (Phi) is 10.8. The van der Waals surface area contributed by atoms with E-state index in [2.05, 4.69) is 32.6 Å². The molecule has 0 fully saturated rings. The van der Waals surface area contributed by atoms with Crippen molar-refractivity contribution in [3.63, 3.8) is 0 Å². The minimum atomic E-state index is 0.218. The smallest absolute Gasteiger partial charge is 0.0303 e. The predicted molar refractivity (Wildman–Crippen MR) is 83.0 cm³/mol. The van der Waals surface area contributed by atoms with Gasteiger partial charge in [-0.05, 0) is 32.9 Å². The van der Waals surface area contributed by atoms with Gasteiger partial charge in [-0.2, -0.15) is 0 Å². The molecule has 0 amide bonds. The van der Waals surface area contributed by atoms with Crippen molar-refractivity contribution in [3.05, 3.63) is 0 Å². The van der Waals surface area contributed by atoms with E-state index in [-0.39, 0.29) is 5.54 Å². The Labute approximate surface area is 115 Å². The maximum Gasteiger partial charge on any atom is 0.0303 e. The fourth-order valence-electron chi connectivity index (χ4n) is 2.66. The minimum Gasteiger partial charge on any atom is -0.329 e. The number of unbranched alkanes of at least 4 members (excludes halogenated alkanes) is 5. The second-order valence-electron chi connectivity index (χ2n) is 5.80. The van der Waals surface area contributed by atoms with Crippen molar-refractivity contribution < 1.29 is 0 Å². The van der Waals surface area contributed by atoms with Crippen LogP contribution < -0.4 is 5.73 Å². The molecule has 0 spiro atoms. The second kappa shape index (κ2) is 10.8. The van der Waals surface area contributed by atoms with E-state index in [1.165, 1.54) is 57.9 Å². The number of nitrogens with two attached hydrogens (primary N) is 1. The predicted octanol–water partition coefficient (Wildman–Crippen LogP) is 4.19. The van der Waals surface area contributed by atoms with Crippen LogP contribution in [0.4, 0.5) is 0 Å². The summed E-state index contributed by atoms with van der Waals surface area (Å²) >= 11 is 0. The first-order valence-corrected chi connectivity index (χ1v) is 8.09. The molecule has 0 rings (SSSR count). The van der Waals surface area contributed by atoms with Gasteiger partial charge >= 0.3 is 0 Å². The molecule has 0 bridgehead atoms. The van der Waals surface area contributed by atoms with Gasteiger partial charge in [0.2, 0.25) is 0 Å². The van der Waals surface area contributed by atoms with Crippen LogP contribution in [0.1, 0.15) is 79.1 Å². The highest BCUT2D eigenvalue weighted by molar-refractivity contribution is 4.86. The average molecular weight is 256 g/mol. The van der Waals surface area contributed by atoms with Gasteiger partial charge in [0.15, 0.2) is 0 Å². The third-order valence-electron chi connectivity index (χ3n) is 4.19. The molecule has 2 heteroatoms. The Balaban J connectivity index is 4.11. The van der Waals surface area contributed by atoms with E-state index >= 15 is 0 Å². The van der Waals surface area contributed by atoms with Crippen molar-refractivity contribution in [2.45, 2.75) is 84.6 Å². The first-order valence-electron chi connectivity index (χ1n) is 8.09. The lowest BCUT2D eigenvalue weighted by Crippen LogP contribution is -2.51. The molecule has 0 aromatic heterocycles. The highest BCUT2D eigenvalue weighted by atomic mass is 15.2. The molecule has 110 valence electrons. The third kappa shape index (κ3) is 6.75. The zero-order valence-electron chi connectivity index (χ0n) is 13.3. The lowest BCUT2D eigenvalue weighted by molar-refractivity contribution is 0.103. The zero-order chi connectivity index (χ0) is 13.9. The van der Waals surface area contributed by atoms with Gasteiger partial charge in [-0.1, -0.05) is 59.3 Å². The Hall–Kier alpha value is -0.0800. The normalized spacial score (nSPS) is 15.0. The molecule has 0 aromatic rings. The van der Waals surface area contributed by atoms with Crippen molar-refractivity contribution >= 4 is 0 Å². The van der Waals surface area contributed by atoms with E-state index in [9.17, 15) is 0 Å². The molecule has 0 aromatic carbocycles. The lowest BCUT2D eigenvalue weighted by Gasteiger charge is -2.40. The second-order valence-corrected chi connectivity index (χ2v) is 5.80. The monoisotopic (exact) mass is 256 g/mol. The maximum atomic E-state index is 6.05. The standard InChI is InChI=1S/C16H36N2/c1-5-8-10-11-12-13-16(4,15-17)18(7-3)14-9-6-2/h5-15,17H2,1-4H3. The highest BCUT2D eigenvalue weighted by Gasteiger charge is 2.28. The van der Waals surface area contributed by atoms with Gasteiger partial charge in [-0.15, -0.1) is 0 Å². The maximum absolute atomic E-state index is 6.05. The summed E-state index contributed by atoms with van der Waals surface area (Å²) in [6.45, 7) is 12.3. The van der Waals surface area contributed by atoms with E-state index < -0.39 is 0 Å². The summed E-state index contributed by atoms with van der Waals surface area (Å²) in [7, 11) is 0. The Morgan fingerprint density at radius 3 is 2.00 bits per heavy atom. The van der Waals surface area contributed by atoms with Crippen molar-refractivity contribution in [1.82, 2.24) is 4.90 Å². The van der Waals surface area contributed by atoms with Gasteiger partial charge < -0.3 is 5.73 Å². The molecule has 2 nitrogen and oxygen atoms in total. The SMILES string of the molecule is CCCCCCCC(C)(CN)N(CC)CCCC. The van der Waals surface area contributed by atoms with Crippen molar-refractivity contribution in [3.8, 4) is 0 Å². The summed E-state index contributed by atoms with van der Waals surface area (Å²) in [5.74, 6) is 0. The van der Waals surface area contributed by atoms with Gasteiger partial charge in [0.25, 0.3) is 0 Å². The zero-order valence-corrected chi connectivity index (χ0v) is 13.3. The highest BCUT2D eigenvalue weighted by Crippen LogP contribution is 2.22. The molecular weight excluding hydrogens is 220 g/mol. The van der Waals surface area contributed by atoms with Crippen LogP contribution in [0, 0.1) is 0 Å². The summed E-state index contributed by atoms with van der Waals surface area (Å²) < 4.78 is 0. The Morgan fingerprint density at radius 2 is 1.50 bits per heavy atom. The molecule has 1 atom stereocenters. The van der Waals surface area contributed by atoms with Gasteiger partial charge in [0.05, 0.1) is 0 Å². The topological polar surface area (TPSA) is 29.3 Å². The summed E-state index contributed by atoms with van der Waals surface area (Å²) in [6, 6.07) is 0. The lowest BCUT2D eigenvalue weighted by atomic mass is 9.91. The largest absolute Gasteiger partial charge is 0.329 e. The van der Waals surface area contributed by atoms with Crippen LogP contribution in [-0.2, 0) is 0 Å². The number of nitrogens with zero attached hydrogens (tertiary/aromatic N) is 1. The van der Waals surface area contributed by atoms with Gasteiger partial charge in [-0.25, -0.2) is 0 Å². The van der Waals surface area contributed by atoms with Crippen LogP contribution in [0.15, 0.2) is 0 Å². The Morgan fingerprint density at radius 1 is 0.889 bits per heavy atom. The molecular formula is C16H36N2. The van der Waals surface area contributed by atoms with Crippen molar-refractivity contribution in [1.29, 1.82) is 0 Å². The number of rotatable bonds is 12. The minimum absolute atomic E-state index is 0.218. The van der Waals surface area contributed by atoms with Crippen LogP contribution >= 0.6 is 0 Å². The fraction of sp³-hybridized carbons (Fsp3) is 1.00. The summed E-state index contributed by atoms with van der Waals surface area (Å²) in [5.41, 5.74) is 6.27. The molecule has 0 heterocycles. The Bertz CT molecular complexity index is 182. The van der Waals surface area contributed by atoms with Crippen LogP contribution in [0.3, 0.4) is 0 Å². The summed E-state index contributed by atoms with van der Waals surface area (Å²) in [5, 5.41) is 0. The average Bonchev–Trinajstić information content (AvgIpc) is 2.39. The van der Waals surface area contributed by atoms with Crippen LogP contribution in [0.25, 0.3) is 0 Å². The molecule has 2 N–H and O–H groups in total. The molecule has 0 saturated carbocycles. The number of likely N-dealkylation sites (N-methyl/N-ethyl adjacent to an activating group) is 1. The van der Waals surface area contributed by atoms with Gasteiger partial charge in [0, 0.05) is 12.1 Å². The molecule has 1 unspecified atom stereocenters. The van der Waals surface area contributed by atoms with E-state index in [1.54, 1.807) is 0 Å². The molecule has 0 saturated heterocycles. The first kappa shape index (κ1) is 17.9. The van der Waals surface area contributed by atoms with Gasteiger partial charge in [-0.3, -0.25) is 4.90 Å². The molecule has 18 heavy (non-hydrogen) atoms. The van der Waals surface area contributed by atoms with E-state index in [0.717, 1.165) is 13.1 Å². The summed E-state index contributed by atoms with van der Waals surface area (Å²) in [6.07, 6.45) is 10.6. The van der Waals surface area contributed by atoms with E-state index in [4.69, 9.17) is 5.73 Å². The fourth-order valence-corrected chi connectivity index (χ4v) is 2.66. The number of hydrogen-bond donors (Lipinski definition) is 1. The summed E-state index contributed by atoms with van der Waals surface area (Å²) in [4.78, 5) is 2.59. The van der Waals surface area contributed by atoms with E-state index in [1.807, 2.05) is 0 Å². The van der Waals surface area contributed by atoms with Crippen LogP contribution in [-0.4, -0.2) is 30.1 Å². The first-order chi connectivity index (χ1) is 8.64.